The number of rotatable bonds is 1. The molecule has 5 nitrogen and oxygen atoms in total. The lowest BCUT2D eigenvalue weighted by Gasteiger charge is -2.28. The molecule has 0 bridgehead atoms. The molecule has 1 heterocycles. The second-order valence-electron chi connectivity index (χ2n) is 10.6. The van der Waals surface area contributed by atoms with Gasteiger partial charge in [-0.2, -0.15) is 0 Å². The molecule has 0 saturated carbocycles. The van der Waals surface area contributed by atoms with Crippen LogP contribution in [0.5, 0.6) is 5.75 Å². The van der Waals surface area contributed by atoms with Crippen LogP contribution in [0, 0.1) is 0 Å². The lowest BCUT2D eigenvalue weighted by Crippen LogP contribution is -2.17. The van der Waals surface area contributed by atoms with Crippen LogP contribution in [0.3, 0.4) is 0 Å². The number of phenolic OH excluding ortho intramolecular Hbond substituents is 1. The molecular formula is C26H29NO4. The van der Waals surface area contributed by atoms with Crippen molar-refractivity contribution in [1.82, 2.24) is 4.98 Å². The molecule has 3 aromatic rings. The lowest BCUT2D eigenvalue weighted by molar-refractivity contribution is 0.103. The molecule has 2 aromatic carbocycles. The molecule has 0 amide bonds. The van der Waals surface area contributed by atoms with Gasteiger partial charge in [0, 0.05) is 28.2 Å². The number of hydrogen-bond acceptors (Lipinski definition) is 4. The number of ketones is 1. The summed E-state index contributed by atoms with van der Waals surface area (Å²) in [4.78, 5) is 27.4. The Morgan fingerprint density at radius 3 is 2.10 bits per heavy atom. The van der Waals surface area contributed by atoms with E-state index in [0.717, 1.165) is 22.3 Å². The third-order valence-corrected chi connectivity index (χ3v) is 6.10. The fourth-order valence-corrected chi connectivity index (χ4v) is 4.34. The molecule has 4 rings (SSSR count). The molecule has 5 heteroatoms. The molecule has 1 aliphatic carbocycles. The van der Waals surface area contributed by atoms with Gasteiger partial charge in [0.05, 0.1) is 5.52 Å². The highest BCUT2D eigenvalue weighted by Gasteiger charge is 2.33. The first-order chi connectivity index (χ1) is 14.3. The van der Waals surface area contributed by atoms with E-state index in [9.17, 15) is 14.7 Å². The summed E-state index contributed by atoms with van der Waals surface area (Å²) in [5.41, 5.74) is 5.25. The number of aromatic hydroxyl groups is 1. The fourth-order valence-electron chi connectivity index (χ4n) is 4.34. The van der Waals surface area contributed by atoms with E-state index >= 15 is 0 Å². The number of nitrogens with one attached hydrogen (secondary N) is 1. The van der Waals surface area contributed by atoms with Crippen LogP contribution in [0.1, 0.15) is 87.0 Å². The van der Waals surface area contributed by atoms with Gasteiger partial charge in [0.1, 0.15) is 5.75 Å². The quantitative estimate of drug-likeness (QED) is 0.488. The monoisotopic (exact) mass is 419 g/mol. The highest BCUT2D eigenvalue weighted by molar-refractivity contribution is 6.17. The minimum Gasteiger partial charge on any atom is -0.507 e. The van der Waals surface area contributed by atoms with Gasteiger partial charge in [0.15, 0.2) is 11.4 Å². The van der Waals surface area contributed by atoms with E-state index in [1.165, 1.54) is 0 Å². The van der Waals surface area contributed by atoms with E-state index in [-0.39, 0.29) is 22.5 Å². The van der Waals surface area contributed by atoms with Crippen LogP contribution in [0.4, 0.5) is 0 Å². The average molecular weight is 420 g/mol. The third-order valence-electron chi connectivity index (χ3n) is 6.10. The molecule has 0 radical (unpaired) electrons. The Bertz CT molecular complexity index is 1270. The van der Waals surface area contributed by atoms with E-state index in [4.69, 9.17) is 4.42 Å². The minimum atomic E-state index is -0.525. The zero-order valence-corrected chi connectivity index (χ0v) is 19.1. The van der Waals surface area contributed by atoms with Crippen molar-refractivity contribution in [2.24, 2.45) is 0 Å². The van der Waals surface area contributed by atoms with Gasteiger partial charge < -0.3 is 9.52 Å². The summed E-state index contributed by atoms with van der Waals surface area (Å²) >= 11 is 0. The van der Waals surface area contributed by atoms with Crippen molar-refractivity contribution in [3.63, 3.8) is 0 Å². The summed E-state index contributed by atoms with van der Waals surface area (Å²) < 4.78 is 5.14. The Labute approximate surface area is 181 Å². The maximum atomic E-state index is 13.2. The number of aromatic amines is 1. The molecule has 1 unspecified atom stereocenters. The predicted molar refractivity (Wildman–Crippen MR) is 123 cm³/mol. The molecule has 1 aromatic heterocycles. The second kappa shape index (κ2) is 6.71. The van der Waals surface area contributed by atoms with Gasteiger partial charge in [-0.25, -0.2) is 4.79 Å². The molecule has 0 spiro atoms. The zero-order chi connectivity index (χ0) is 22.9. The topological polar surface area (TPSA) is 83.3 Å². The van der Waals surface area contributed by atoms with Crippen molar-refractivity contribution in [2.75, 3.05) is 0 Å². The van der Waals surface area contributed by atoms with Crippen LogP contribution < -0.4 is 5.76 Å². The number of oxazole rings is 1. The van der Waals surface area contributed by atoms with Gasteiger partial charge in [-0.15, -0.1) is 0 Å². The zero-order valence-electron chi connectivity index (χ0n) is 19.1. The Hall–Kier alpha value is -3.08. The number of Topliss-reactive ketones (excluding diaryl/α,β-unsaturated/α-hetero) is 1. The molecule has 0 aliphatic heterocycles. The number of fused-ring (bicyclic) bond motifs is 2. The summed E-state index contributed by atoms with van der Waals surface area (Å²) in [6.07, 6.45) is 1.93. The number of carbonyl (C=O) groups excluding carboxylic acids is 1. The number of phenols is 1. The number of allylic oxidation sites excluding steroid dienone is 1. The van der Waals surface area contributed by atoms with E-state index in [2.05, 4.69) is 46.5 Å². The van der Waals surface area contributed by atoms with Crippen LogP contribution in [0.2, 0.25) is 0 Å². The third kappa shape index (κ3) is 3.52. The van der Waals surface area contributed by atoms with Crippen molar-refractivity contribution in [1.29, 1.82) is 0 Å². The Morgan fingerprint density at radius 2 is 1.55 bits per heavy atom. The molecule has 1 atom stereocenters. The van der Waals surface area contributed by atoms with Crippen LogP contribution in [0.25, 0.3) is 17.2 Å². The normalized spacial score (nSPS) is 18.2. The van der Waals surface area contributed by atoms with Gasteiger partial charge in [-0.1, -0.05) is 48.5 Å². The number of H-pyrrole nitrogens is 1. The second-order valence-corrected chi connectivity index (χ2v) is 10.6. The standard InChI is InChI=1S/C26H29NO4/c1-13-15-11-20-21(31-24(30)27-20)12-17(15)22(28)16(13)8-14-9-18(25(2,3)4)23(29)19(10-14)26(5,6)7/h8-13,29H,1-7H3,(H,27,30)/b16-8+. The lowest BCUT2D eigenvalue weighted by atomic mass is 9.78. The molecule has 2 N–H and O–H groups in total. The highest BCUT2D eigenvalue weighted by atomic mass is 16.4. The average Bonchev–Trinajstić information content (AvgIpc) is 3.11. The van der Waals surface area contributed by atoms with E-state index < -0.39 is 5.76 Å². The Balaban J connectivity index is 1.88. The van der Waals surface area contributed by atoms with E-state index in [1.54, 1.807) is 6.07 Å². The SMILES string of the molecule is CC1/C(=C\c2cc(C(C)(C)C)c(O)c(C(C)(C)C)c2)C(=O)c2cc3oc(=O)[nH]c3cc21. The molecule has 1 aliphatic rings. The minimum absolute atomic E-state index is 0.0593. The maximum absolute atomic E-state index is 13.2. The van der Waals surface area contributed by atoms with Crippen molar-refractivity contribution in [3.05, 3.63) is 68.2 Å². The maximum Gasteiger partial charge on any atom is 0.417 e. The number of benzene rings is 2. The first kappa shape index (κ1) is 21.2. The summed E-state index contributed by atoms with van der Waals surface area (Å²) in [7, 11) is 0. The van der Waals surface area contributed by atoms with Gasteiger partial charge in [0.2, 0.25) is 0 Å². The summed E-state index contributed by atoms with van der Waals surface area (Å²) in [6.45, 7) is 14.4. The van der Waals surface area contributed by atoms with Crippen molar-refractivity contribution < 1.29 is 14.3 Å². The van der Waals surface area contributed by atoms with Gasteiger partial charge in [0.25, 0.3) is 0 Å². The van der Waals surface area contributed by atoms with Gasteiger partial charge in [-0.3, -0.25) is 9.78 Å². The van der Waals surface area contributed by atoms with Crippen LogP contribution >= 0.6 is 0 Å². The predicted octanol–water partition coefficient (Wildman–Crippen LogP) is 5.81. The molecular weight excluding hydrogens is 390 g/mol. The first-order valence-corrected chi connectivity index (χ1v) is 10.6. The van der Waals surface area contributed by atoms with Gasteiger partial charge >= 0.3 is 5.76 Å². The van der Waals surface area contributed by atoms with E-state index in [1.807, 2.05) is 31.2 Å². The Morgan fingerprint density at radius 1 is 0.968 bits per heavy atom. The number of hydrogen-bond donors (Lipinski definition) is 2. The van der Waals surface area contributed by atoms with Crippen LogP contribution in [-0.2, 0) is 10.8 Å². The summed E-state index contributed by atoms with van der Waals surface area (Å²) in [5.74, 6) is -0.380. The van der Waals surface area contributed by atoms with E-state index in [0.29, 0.717) is 28.0 Å². The number of carbonyl (C=O) groups is 1. The van der Waals surface area contributed by atoms with Crippen molar-refractivity contribution in [3.8, 4) is 5.75 Å². The first-order valence-electron chi connectivity index (χ1n) is 10.6. The Kier molecular flexibility index (Phi) is 4.58. The molecule has 31 heavy (non-hydrogen) atoms. The van der Waals surface area contributed by atoms with Crippen molar-refractivity contribution in [2.45, 2.75) is 65.2 Å². The molecule has 0 saturated heterocycles. The largest absolute Gasteiger partial charge is 0.507 e. The smallest absolute Gasteiger partial charge is 0.417 e. The number of aromatic nitrogens is 1. The summed E-state index contributed by atoms with van der Waals surface area (Å²) in [5, 5.41) is 11.0. The molecule has 162 valence electrons. The van der Waals surface area contributed by atoms with Crippen LogP contribution in [0.15, 0.2) is 39.1 Å². The summed E-state index contributed by atoms with van der Waals surface area (Å²) in [6, 6.07) is 7.44. The van der Waals surface area contributed by atoms with Gasteiger partial charge in [-0.05, 0) is 52.3 Å². The fraction of sp³-hybridized carbons (Fsp3) is 0.385. The van der Waals surface area contributed by atoms with Crippen LogP contribution in [-0.4, -0.2) is 15.9 Å². The van der Waals surface area contributed by atoms with Crippen molar-refractivity contribution >= 4 is 23.0 Å². The highest BCUT2D eigenvalue weighted by Crippen LogP contribution is 2.43. The molecule has 0 fully saturated rings.